The minimum Gasteiger partial charge on any atom is -0.258 e. The smallest absolute Gasteiger partial charge is 0.258 e. The predicted octanol–water partition coefficient (Wildman–Crippen LogP) is 3.80. The molecule has 0 amide bonds. The van der Waals surface area contributed by atoms with Gasteiger partial charge in [-0.05, 0) is 23.5 Å². The van der Waals surface area contributed by atoms with Crippen LogP contribution in [0.1, 0.15) is 37.4 Å². The zero-order chi connectivity index (χ0) is 18.4. The lowest BCUT2D eigenvalue weighted by atomic mass is 9.98. The highest BCUT2D eigenvalue weighted by molar-refractivity contribution is 7.88. The van der Waals surface area contributed by atoms with E-state index in [1.54, 1.807) is 6.07 Å². The molecule has 0 saturated carbocycles. The molecule has 0 heterocycles. The Morgan fingerprint density at radius 2 is 1.76 bits per heavy atom. The number of benzene rings is 2. The van der Waals surface area contributed by atoms with Crippen molar-refractivity contribution in [3.8, 4) is 0 Å². The van der Waals surface area contributed by atoms with Crippen molar-refractivity contribution >= 4 is 15.7 Å². The minimum absolute atomic E-state index is 0.116. The van der Waals surface area contributed by atoms with Crippen LogP contribution < -0.4 is 4.72 Å². The topological polar surface area (TPSA) is 89.3 Å². The van der Waals surface area contributed by atoms with Crippen molar-refractivity contribution < 1.29 is 13.3 Å². The molecule has 0 fully saturated rings. The number of nitro groups is 1. The van der Waals surface area contributed by atoms with E-state index < -0.39 is 14.9 Å². The summed E-state index contributed by atoms with van der Waals surface area (Å²) in [5.74, 6) is 0.0153. The van der Waals surface area contributed by atoms with Crippen LogP contribution in [0.4, 0.5) is 5.69 Å². The number of non-ortho nitro benzene ring substituents is 1. The molecule has 1 unspecified atom stereocenters. The molecule has 7 heteroatoms. The third-order valence-corrected chi connectivity index (χ3v) is 5.07. The second-order valence-corrected chi connectivity index (χ2v) is 8.15. The van der Waals surface area contributed by atoms with Crippen LogP contribution in [-0.4, -0.2) is 13.3 Å². The Kier molecular flexibility index (Phi) is 6.27. The molecule has 2 rings (SSSR count). The molecule has 6 nitrogen and oxygen atoms in total. The van der Waals surface area contributed by atoms with E-state index in [1.165, 1.54) is 18.2 Å². The van der Waals surface area contributed by atoms with Crippen molar-refractivity contribution in [3.05, 3.63) is 75.8 Å². The molecular weight excluding hydrogens is 340 g/mol. The number of nitrogens with zero attached hydrogens (tertiary/aromatic N) is 1. The van der Waals surface area contributed by atoms with Gasteiger partial charge in [0, 0.05) is 18.2 Å². The van der Waals surface area contributed by atoms with Crippen molar-refractivity contribution in [1.29, 1.82) is 0 Å². The largest absolute Gasteiger partial charge is 0.269 e. The fourth-order valence-corrected chi connectivity index (χ4v) is 4.01. The highest BCUT2D eigenvalue weighted by atomic mass is 32.2. The summed E-state index contributed by atoms with van der Waals surface area (Å²) in [6.07, 6.45) is 0.665. The number of rotatable bonds is 8. The quantitative estimate of drug-likeness (QED) is 0.571. The van der Waals surface area contributed by atoms with Gasteiger partial charge in [0.15, 0.2) is 0 Å². The number of nitro benzene ring substituents is 1. The summed E-state index contributed by atoms with van der Waals surface area (Å²) in [7, 11) is -3.64. The third-order valence-electron chi connectivity index (χ3n) is 3.71. The summed E-state index contributed by atoms with van der Waals surface area (Å²) in [5.41, 5.74) is 1.17. The van der Waals surface area contributed by atoms with Crippen molar-refractivity contribution in [2.75, 3.05) is 0 Å². The molecule has 134 valence electrons. The average molecular weight is 362 g/mol. The van der Waals surface area contributed by atoms with Crippen LogP contribution in [-0.2, 0) is 15.8 Å². The molecule has 1 N–H and O–H groups in total. The van der Waals surface area contributed by atoms with Gasteiger partial charge in [-0.3, -0.25) is 10.1 Å². The molecule has 0 aliphatic carbocycles. The van der Waals surface area contributed by atoms with E-state index in [2.05, 4.69) is 4.72 Å². The summed E-state index contributed by atoms with van der Waals surface area (Å²) in [5, 5.41) is 10.8. The predicted molar refractivity (Wildman–Crippen MR) is 97.5 cm³/mol. The first-order valence-corrected chi connectivity index (χ1v) is 9.70. The molecular formula is C18H22N2O4S. The Bertz CT molecular complexity index is 820. The fraction of sp³-hybridized carbons (Fsp3) is 0.333. The molecule has 0 bridgehead atoms. The van der Waals surface area contributed by atoms with E-state index in [-0.39, 0.29) is 17.5 Å². The first-order valence-electron chi connectivity index (χ1n) is 8.05. The van der Waals surface area contributed by atoms with Gasteiger partial charge in [-0.15, -0.1) is 0 Å². The number of nitrogens with one attached hydrogen (secondary N) is 1. The maximum Gasteiger partial charge on any atom is 0.269 e. The highest BCUT2D eigenvalue weighted by Crippen LogP contribution is 2.23. The highest BCUT2D eigenvalue weighted by Gasteiger charge is 2.21. The van der Waals surface area contributed by atoms with Crippen LogP contribution in [0.25, 0.3) is 0 Å². The van der Waals surface area contributed by atoms with Crippen LogP contribution in [0.3, 0.4) is 0 Å². The van der Waals surface area contributed by atoms with E-state index in [9.17, 15) is 18.5 Å². The van der Waals surface area contributed by atoms with Crippen LogP contribution in [0.15, 0.2) is 54.6 Å². The maximum atomic E-state index is 12.6. The monoisotopic (exact) mass is 362 g/mol. The SMILES string of the molecule is CC(C)CC(NS(=O)(=O)Cc1cccc([N+](=O)[O-])c1)c1ccccc1. The molecule has 0 aliphatic heterocycles. The minimum atomic E-state index is -3.64. The van der Waals surface area contributed by atoms with Gasteiger partial charge in [0.05, 0.1) is 10.7 Å². The zero-order valence-corrected chi connectivity index (χ0v) is 15.1. The molecule has 0 saturated heterocycles. The standard InChI is InChI=1S/C18H22N2O4S/c1-14(2)11-18(16-8-4-3-5-9-16)19-25(23,24)13-15-7-6-10-17(12-15)20(21)22/h3-10,12,14,18-19H,11,13H2,1-2H3. The zero-order valence-electron chi connectivity index (χ0n) is 14.3. The Hall–Kier alpha value is -2.25. The van der Waals surface area contributed by atoms with Crippen molar-refractivity contribution in [2.24, 2.45) is 5.92 Å². The van der Waals surface area contributed by atoms with Gasteiger partial charge in [-0.1, -0.05) is 56.3 Å². The normalized spacial score (nSPS) is 12.9. The van der Waals surface area contributed by atoms with Crippen molar-refractivity contribution in [3.63, 3.8) is 0 Å². The molecule has 0 aliphatic rings. The van der Waals surface area contributed by atoms with Gasteiger partial charge in [-0.2, -0.15) is 0 Å². The number of hydrogen-bond donors (Lipinski definition) is 1. The Morgan fingerprint density at radius 3 is 2.36 bits per heavy atom. The van der Waals surface area contributed by atoms with E-state index in [1.807, 2.05) is 44.2 Å². The van der Waals surface area contributed by atoms with E-state index in [0.717, 1.165) is 5.56 Å². The maximum absolute atomic E-state index is 12.6. The fourth-order valence-electron chi connectivity index (χ4n) is 2.65. The lowest BCUT2D eigenvalue weighted by Gasteiger charge is -2.21. The van der Waals surface area contributed by atoms with Crippen LogP contribution in [0, 0.1) is 16.0 Å². The summed E-state index contributed by atoms with van der Waals surface area (Å²) in [6.45, 7) is 4.07. The van der Waals surface area contributed by atoms with Gasteiger partial charge >= 0.3 is 0 Å². The van der Waals surface area contributed by atoms with Gasteiger partial charge in [0.1, 0.15) is 0 Å². The molecule has 0 radical (unpaired) electrons. The van der Waals surface area contributed by atoms with Crippen molar-refractivity contribution in [2.45, 2.75) is 32.1 Å². The Balaban J connectivity index is 2.19. The Morgan fingerprint density at radius 1 is 1.08 bits per heavy atom. The van der Waals surface area contributed by atoms with Crippen LogP contribution >= 0.6 is 0 Å². The van der Waals surface area contributed by atoms with Gasteiger partial charge in [0.2, 0.25) is 10.0 Å². The van der Waals surface area contributed by atoms with Gasteiger partial charge < -0.3 is 0 Å². The lowest BCUT2D eigenvalue weighted by molar-refractivity contribution is -0.384. The van der Waals surface area contributed by atoms with Crippen molar-refractivity contribution in [1.82, 2.24) is 4.72 Å². The number of hydrogen-bond acceptors (Lipinski definition) is 4. The molecule has 2 aromatic carbocycles. The molecule has 1 atom stereocenters. The lowest BCUT2D eigenvalue weighted by Crippen LogP contribution is -2.30. The Labute approximate surface area is 148 Å². The van der Waals surface area contributed by atoms with Crippen LogP contribution in [0.5, 0.6) is 0 Å². The van der Waals surface area contributed by atoms with E-state index in [0.29, 0.717) is 17.9 Å². The summed E-state index contributed by atoms with van der Waals surface area (Å²) in [6, 6.07) is 14.8. The molecule has 0 spiro atoms. The van der Waals surface area contributed by atoms with Gasteiger partial charge in [0.25, 0.3) is 5.69 Å². The van der Waals surface area contributed by atoms with E-state index >= 15 is 0 Å². The first-order chi connectivity index (χ1) is 11.8. The molecule has 2 aromatic rings. The summed E-state index contributed by atoms with van der Waals surface area (Å²) in [4.78, 5) is 10.3. The summed E-state index contributed by atoms with van der Waals surface area (Å²) < 4.78 is 27.9. The van der Waals surface area contributed by atoms with E-state index in [4.69, 9.17) is 0 Å². The summed E-state index contributed by atoms with van der Waals surface area (Å²) >= 11 is 0. The third kappa shape index (κ3) is 5.95. The molecule has 25 heavy (non-hydrogen) atoms. The second kappa shape index (κ2) is 8.22. The second-order valence-electron chi connectivity index (χ2n) is 6.40. The van der Waals surface area contributed by atoms with Crippen LogP contribution in [0.2, 0.25) is 0 Å². The molecule has 0 aromatic heterocycles. The average Bonchev–Trinajstić information content (AvgIpc) is 2.54. The van der Waals surface area contributed by atoms with Gasteiger partial charge in [-0.25, -0.2) is 13.1 Å². The first kappa shape index (κ1) is 19.1. The number of sulfonamides is 1.